The summed E-state index contributed by atoms with van der Waals surface area (Å²) in [6.45, 7) is 2.07. The zero-order valence-corrected chi connectivity index (χ0v) is 17.0. The number of aryl methyl sites for hydroxylation is 1. The lowest BCUT2D eigenvalue weighted by molar-refractivity contribution is 0.0697. The minimum absolute atomic E-state index is 0.205. The highest BCUT2D eigenvalue weighted by atomic mass is 32.1. The van der Waals surface area contributed by atoms with E-state index in [4.69, 9.17) is 14.8 Å². The van der Waals surface area contributed by atoms with Crippen LogP contribution in [0.1, 0.15) is 22.3 Å². The Kier molecular flexibility index (Phi) is 5.72. The number of nitrogens with one attached hydrogen (secondary N) is 1. The number of carboxylic acids is 1. The molecule has 0 spiro atoms. The minimum Gasteiger partial charge on any atom is -0.478 e. The standard InChI is InChI=1S/C23H19N3O3S/c1-2-20-26-21(15-7-4-3-5-8-15)23(30-20)29-18-11-12-24-19(14-18)25-17-10-6-9-16(13-17)22(27)28/h3-14H,2H2,1H3,(H,24,25)(H,27,28). The first-order valence-electron chi connectivity index (χ1n) is 9.42. The van der Waals surface area contributed by atoms with Gasteiger partial charge in [0, 0.05) is 23.5 Å². The number of thiazole rings is 1. The van der Waals surface area contributed by atoms with Crippen molar-refractivity contribution in [3.63, 3.8) is 0 Å². The van der Waals surface area contributed by atoms with E-state index >= 15 is 0 Å². The predicted octanol–water partition coefficient (Wildman–Crippen LogP) is 6.00. The predicted molar refractivity (Wildman–Crippen MR) is 118 cm³/mol. The molecule has 0 unspecified atom stereocenters. The van der Waals surface area contributed by atoms with Gasteiger partial charge in [-0.2, -0.15) is 0 Å². The van der Waals surface area contributed by atoms with Crippen molar-refractivity contribution in [1.82, 2.24) is 9.97 Å². The molecule has 4 aromatic rings. The number of aromatic nitrogens is 2. The van der Waals surface area contributed by atoms with E-state index in [-0.39, 0.29) is 5.56 Å². The lowest BCUT2D eigenvalue weighted by Crippen LogP contribution is -1.99. The minimum atomic E-state index is -0.978. The molecule has 4 rings (SSSR count). The van der Waals surface area contributed by atoms with E-state index in [2.05, 4.69) is 17.2 Å². The summed E-state index contributed by atoms with van der Waals surface area (Å²) in [6.07, 6.45) is 2.47. The Morgan fingerprint density at radius 1 is 1.10 bits per heavy atom. The van der Waals surface area contributed by atoms with Gasteiger partial charge in [0.15, 0.2) is 0 Å². The molecule has 0 saturated carbocycles. The van der Waals surface area contributed by atoms with Crippen molar-refractivity contribution in [2.45, 2.75) is 13.3 Å². The number of carbonyl (C=O) groups is 1. The van der Waals surface area contributed by atoms with E-state index in [1.807, 2.05) is 30.3 Å². The van der Waals surface area contributed by atoms with Crippen LogP contribution in [0.5, 0.6) is 10.8 Å². The summed E-state index contributed by atoms with van der Waals surface area (Å²) in [5.41, 5.74) is 2.66. The molecular formula is C23H19N3O3S. The van der Waals surface area contributed by atoms with Gasteiger partial charge < -0.3 is 15.2 Å². The van der Waals surface area contributed by atoms with Crippen LogP contribution in [0, 0.1) is 0 Å². The zero-order chi connectivity index (χ0) is 20.9. The lowest BCUT2D eigenvalue weighted by Gasteiger charge is -2.09. The highest BCUT2D eigenvalue weighted by Gasteiger charge is 2.15. The highest BCUT2D eigenvalue weighted by molar-refractivity contribution is 7.14. The molecule has 0 aliphatic rings. The summed E-state index contributed by atoms with van der Waals surface area (Å²) in [4.78, 5) is 20.2. The van der Waals surface area contributed by atoms with E-state index in [1.54, 1.807) is 42.6 Å². The van der Waals surface area contributed by atoms with Gasteiger partial charge in [-0.25, -0.2) is 14.8 Å². The smallest absolute Gasteiger partial charge is 0.335 e. The van der Waals surface area contributed by atoms with Crippen molar-refractivity contribution in [3.05, 3.63) is 83.5 Å². The summed E-state index contributed by atoms with van der Waals surface area (Å²) >= 11 is 1.52. The van der Waals surface area contributed by atoms with Crippen molar-refractivity contribution in [1.29, 1.82) is 0 Å². The second kappa shape index (κ2) is 8.75. The maximum Gasteiger partial charge on any atom is 0.335 e. The van der Waals surface area contributed by atoms with Crippen LogP contribution in [0.3, 0.4) is 0 Å². The van der Waals surface area contributed by atoms with Gasteiger partial charge in [0.2, 0.25) is 5.06 Å². The lowest BCUT2D eigenvalue weighted by atomic mass is 10.2. The van der Waals surface area contributed by atoms with Crippen LogP contribution < -0.4 is 10.1 Å². The second-order valence-corrected chi connectivity index (χ2v) is 7.50. The topological polar surface area (TPSA) is 84.3 Å². The van der Waals surface area contributed by atoms with E-state index in [1.165, 1.54) is 11.3 Å². The third kappa shape index (κ3) is 4.47. The number of pyridine rings is 1. The van der Waals surface area contributed by atoms with Gasteiger partial charge >= 0.3 is 5.97 Å². The summed E-state index contributed by atoms with van der Waals surface area (Å²) in [7, 11) is 0. The zero-order valence-electron chi connectivity index (χ0n) is 16.2. The van der Waals surface area contributed by atoms with Crippen LogP contribution in [0.15, 0.2) is 72.9 Å². The molecule has 0 bridgehead atoms. The Balaban J connectivity index is 1.59. The van der Waals surface area contributed by atoms with Gasteiger partial charge in [-0.1, -0.05) is 54.7 Å². The van der Waals surface area contributed by atoms with Crippen molar-refractivity contribution >= 4 is 28.8 Å². The average Bonchev–Trinajstić information content (AvgIpc) is 3.17. The van der Waals surface area contributed by atoms with E-state index in [0.717, 1.165) is 27.7 Å². The van der Waals surface area contributed by atoms with E-state index in [0.29, 0.717) is 17.3 Å². The normalized spacial score (nSPS) is 10.6. The molecular weight excluding hydrogens is 398 g/mol. The quantitative estimate of drug-likeness (QED) is 0.383. The molecule has 2 aromatic carbocycles. The van der Waals surface area contributed by atoms with Gasteiger partial charge in [0.1, 0.15) is 17.3 Å². The van der Waals surface area contributed by atoms with Crippen molar-refractivity contribution < 1.29 is 14.6 Å². The molecule has 2 heterocycles. The molecule has 0 aliphatic carbocycles. The Morgan fingerprint density at radius 3 is 2.70 bits per heavy atom. The summed E-state index contributed by atoms with van der Waals surface area (Å²) in [5, 5.41) is 14.0. The molecule has 6 nitrogen and oxygen atoms in total. The number of hydrogen-bond acceptors (Lipinski definition) is 6. The van der Waals surface area contributed by atoms with Crippen molar-refractivity contribution in [2.75, 3.05) is 5.32 Å². The van der Waals surface area contributed by atoms with Crippen LogP contribution in [0.25, 0.3) is 11.3 Å². The SMILES string of the molecule is CCc1nc(-c2ccccc2)c(Oc2ccnc(Nc3cccc(C(=O)O)c3)c2)s1. The maximum atomic E-state index is 11.2. The van der Waals surface area contributed by atoms with Gasteiger partial charge in [-0.05, 0) is 30.7 Å². The first-order valence-corrected chi connectivity index (χ1v) is 10.2. The summed E-state index contributed by atoms with van der Waals surface area (Å²) in [5.74, 6) is 0.191. The molecule has 0 fully saturated rings. The fourth-order valence-electron chi connectivity index (χ4n) is 2.88. The molecule has 0 atom stereocenters. The first kappa shape index (κ1) is 19.6. The number of ether oxygens (including phenoxy) is 1. The molecule has 0 amide bonds. The number of hydrogen-bond donors (Lipinski definition) is 2. The Bertz CT molecular complexity index is 1180. The third-order valence-electron chi connectivity index (χ3n) is 4.31. The maximum absolute atomic E-state index is 11.2. The van der Waals surface area contributed by atoms with Crippen LogP contribution in [0.4, 0.5) is 11.5 Å². The van der Waals surface area contributed by atoms with E-state index in [9.17, 15) is 4.79 Å². The molecule has 7 heteroatoms. The molecule has 2 N–H and O–H groups in total. The van der Waals surface area contributed by atoms with Crippen molar-refractivity contribution in [2.24, 2.45) is 0 Å². The first-order chi connectivity index (χ1) is 14.6. The summed E-state index contributed by atoms with van der Waals surface area (Å²) in [6, 6.07) is 20.1. The van der Waals surface area contributed by atoms with E-state index < -0.39 is 5.97 Å². The molecule has 2 aromatic heterocycles. The van der Waals surface area contributed by atoms with Crippen LogP contribution >= 0.6 is 11.3 Å². The number of benzene rings is 2. The Morgan fingerprint density at radius 2 is 1.93 bits per heavy atom. The fraction of sp³-hybridized carbons (Fsp3) is 0.0870. The molecule has 150 valence electrons. The third-order valence-corrected chi connectivity index (χ3v) is 5.39. The number of rotatable bonds is 7. The number of anilines is 2. The van der Waals surface area contributed by atoms with Gasteiger partial charge in [-0.3, -0.25) is 0 Å². The molecule has 0 radical (unpaired) electrons. The monoisotopic (exact) mass is 417 g/mol. The van der Waals surface area contributed by atoms with Gasteiger partial charge in [0.25, 0.3) is 0 Å². The molecule has 0 aliphatic heterocycles. The fourth-order valence-corrected chi connectivity index (χ4v) is 3.77. The van der Waals surface area contributed by atoms with Gasteiger partial charge in [-0.15, -0.1) is 0 Å². The van der Waals surface area contributed by atoms with Crippen LogP contribution in [-0.4, -0.2) is 21.0 Å². The Labute approximate surface area is 177 Å². The van der Waals surface area contributed by atoms with Gasteiger partial charge in [0.05, 0.1) is 10.6 Å². The summed E-state index contributed by atoms with van der Waals surface area (Å²) < 4.78 is 6.17. The molecule has 30 heavy (non-hydrogen) atoms. The highest BCUT2D eigenvalue weighted by Crippen LogP contribution is 2.38. The number of aromatic carboxylic acids is 1. The number of nitrogens with zero attached hydrogens (tertiary/aromatic N) is 2. The average molecular weight is 417 g/mol. The van der Waals surface area contributed by atoms with Crippen LogP contribution in [0.2, 0.25) is 0 Å². The number of carboxylic acid groups (broad SMARTS) is 1. The Hall–Kier alpha value is -3.71. The van der Waals surface area contributed by atoms with Crippen LogP contribution in [-0.2, 0) is 6.42 Å². The largest absolute Gasteiger partial charge is 0.478 e. The second-order valence-electron chi connectivity index (χ2n) is 6.45. The van der Waals surface area contributed by atoms with Crippen molar-refractivity contribution in [3.8, 4) is 22.1 Å². The molecule has 0 saturated heterocycles.